The molecule has 0 aliphatic carbocycles. The number of anilines is 1. The maximum Gasteiger partial charge on any atom is 0.301 e. The molecule has 3 aromatic carbocycles. The highest BCUT2D eigenvalue weighted by Gasteiger charge is 2.39. The lowest BCUT2D eigenvalue weighted by atomic mass is 9.98. The molecule has 0 saturated heterocycles. The number of rotatable bonds is 6. The van der Waals surface area contributed by atoms with Crippen LogP contribution < -0.4 is 9.64 Å². The van der Waals surface area contributed by atoms with Gasteiger partial charge in [0, 0.05) is 28.6 Å². The predicted molar refractivity (Wildman–Crippen MR) is 133 cm³/mol. The summed E-state index contributed by atoms with van der Waals surface area (Å²) in [6.07, 6.45) is 0.456. The Labute approximate surface area is 208 Å². The number of nitro benzene ring substituents is 1. The highest BCUT2D eigenvalue weighted by atomic mass is 79.9. The zero-order valence-corrected chi connectivity index (χ0v) is 20.1. The summed E-state index contributed by atoms with van der Waals surface area (Å²) < 4.78 is 6.04. The van der Waals surface area contributed by atoms with Crippen LogP contribution in [0.4, 0.5) is 11.4 Å². The summed E-state index contributed by atoms with van der Waals surface area (Å²) >= 11 is 3.34. The molecule has 0 aromatic heterocycles. The van der Waals surface area contributed by atoms with E-state index in [1.54, 1.807) is 42.5 Å². The average molecular weight is 535 g/mol. The number of nitrogens with zero attached hydrogens (tertiary/aromatic N) is 4. The standard InChI is InChI=1S/C25H19BrN4O5/c1-35-19-7-3-4-15(11-19)21-13-23(16-5-2-6-18(10-16)30(33)34)29(27-21)14-28-22-9-8-17(26)12-20(22)24(31)25(28)32/h2-12,23H,13-14H2,1H3/t23-/m1/s1. The van der Waals surface area contributed by atoms with Gasteiger partial charge in [0.15, 0.2) is 0 Å². The van der Waals surface area contributed by atoms with E-state index in [0.29, 0.717) is 33.5 Å². The largest absolute Gasteiger partial charge is 0.497 e. The second-order valence-electron chi connectivity index (χ2n) is 8.16. The lowest BCUT2D eigenvalue weighted by molar-refractivity contribution is -0.385. The van der Waals surface area contributed by atoms with Crippen molar-refractivity contribution in [2.24, 2.45) is 5.10 Å². The third-order valence-electron chi connectivity index (χ3n) is 6.08. The van der Waals surface area contributed by atoms with Gasteiger partial charge >= 0.3 is 5.91 Å². The van der Waals surface area contributed by atoms with Gasteiger partial charge in [-0.2, -0.15) is 5.10 Å². The van der Waals surface area contributed by atoms with Gasteiger partial charge < -0.3 is 4.74 Å². The first-order chi connectivity index (χ1) is 16.9. The lowest BCUT2D eigenvalue weighted by Crippen LogP contribution is -2.39. The van der Waals surface area contributed by atoms with Crippen molar-refractivity contribution >= 4 is 44.7 Å². The van der Waals surface area contributed by atoms with Crippen molar-refractivity contribution in [2.75, 3.05) is 18.7 Å². The van der Waals surface area contributed by atoms with Crippen molar-refractivity contribution < 1.29 is 19.2 Å². The SMILES string of the molecule is COc1cccc(C2=NN(CN3C(=O)C(=O)c4cc(Br)ccc43)[C@@H](c3cccc([N+](=O)[O-])c3)C2)c1. The number of halogens is 1. The monoisotopic (exact) mass is 534 g/mol. The highest BCUT2D eigenvalue weighted by molar-refractivity contribution is 9.10. The minimum Gasteiger partial charge on any atom is -0.497 e. The zero-order chi connectivity index (χ0) is 24.7. The van der Waals surface area contributed by atoms with E-state index in [2.05, 4.69) is 15.9 Å². The first-order valence-electron chi connectivity index (χ1n) is 10.7. The first-order valence-corrected chi connectivity index (χ1v) is 11.5. The van der Waals surface area contributed by atoms with Crippen molar-refractivity contribution in [3.05, 3.63) is 98.0 Å². The molecule has 2 heterocycles. The van der Waals surface area contributed by atoms with Gasteiger partial charge in [0.2, 0.25) is 0 Å². The molecule has 5 rings (SSSR count). The van der Waals surface area contributed by atoms with Crippen LogP contribution >= 0.6 is 15.9 Å². The normalized spacial score (nSPS) is 17.0. The van der Waals surface area contributed by atoms with Crippen molar-refractivity contribution in [1.29, 1.82) is 0 Å². The van der Waals surface area contributed by atoms with Gasteiger partial charge in [-0.15, -0.1) is 0 Å². The first kappa shape index (κ1) is 22.7. The van der Waals surface area contributed by atoms with Crippen LogP contribution in [-0.2, 0) is 4.79 Å². The summed E-state index contributed by atoms with van der Waals surface area (Å²) in [5.74, 6) is -0.541. The molecule has 0 spiro atoms. The van der Waals surface area contributed by atoms with E-state index >= 15 is 0 Å². The Morgan fingerprint density at radius 2 is 1.91 bits per heavy atom. The fourth-order valence-electron chi connectivity index (χ4n) is 4.36. The number of benzene rings is 3. The van der Waals surface area contributed by atoms with Gasteiger partial charge in [-0.1, -0.05) is 40.2 Å². The van der Waals surface area contributed by atoms with Crippen LogP contribution in [0, 0.1) is 10.1 Å². The van der Waals surface area contributed by atoms with Crippen LogP contribution in [-0.4, -0.2) is 41.1 Å². The minimum atomic E-state index is -0.638. The van der Waals surface area contributed by atoms with Crippen molar-refractivity contribution in [3.63, 3.8) is 0 Å². The second-order valence-corrected chi connectivity index (χ2v) is 9.07. The van der Waals surface area contributed by atoms with Crippen LogP contribution in [0.2, 0.25) is 0 Å². The number of methoxy groups -OCH3 is 1. The molecule has 0 bridgehead atoms. The molecule has 2 aliphatic heterocycles. The number of hydrogen-bond donors (Lipinski definition) is 0. The Kier molecular flexibility index (Phi) is 5.81. The van der Waals surface area contributed by atoms with Crippen molar-refractivity contribution in [3.8, 4) is 5.75 Å². The average Bonchev–Trinajstić information content (AvgIpc) is 3.39. The maximum absolute atomic E-state index is 12.9. The number of non-ortho nitro benzene ring substituents is 1. The number of hydrogen-bond acceptors (Lipinski definition) is 7. The van der Waals surface area contributed by atoms with Gasteiger partial charge in [0.05, 0.1) is 35.0 Å². The molecule has 176 valence electrons. The van der Waals surface area contributed by atoms with Crippen LogP contribution in [0.25, 0.3) is 0 Å². The zero-order valence-electron chi connectivity index (χ0n) is 18.6. The molecule has 1 atom stereocenters. The number of carbonyl (C=O) groups is 2. The van der Waals surface area contributed by atoms with Crippen molar-refractivity contribution in [1.82, 2.24) is 5.01 Å². The Morgan fingerprint density at radius 1 is 1.11 bits per heavy atom. The summed E-state index contributed by atoms with van der Waals surface area (Å²) in [5.41, 5.74) is 3.08. The second kappa shape index (κ2) is 8.95. The molecule has 0 N–H and O–H groups in total. The minimum absolute atomic E-state index is 0.0139. The van der Waals surface area contributed by atoms with E-state index in [9.17, 15) is 19.7 Å². The van der Waals surface area contributed by atoms with E-state index < -0.39 is 16.6 Å². The molecule has 0 radical (unpaired) electrons. The van der Waals surface area contributed by atoms with Crippen molar-refractivity contribution in [2.45, 2.75) is 12.5 Å². The quantitative estimate of drug-likeness (QED) is 0.257. The van der Waals surface area contributed by atoms with Gasteiger partial charge in [-0.05, 0) is 35.9 Å². The molecule has 0 fully saturated rings. The number of ether oxygens (including phenoxy) is 1. The van der Waals surface area contributed by atoms with E-state index in [0.717, 1.165) is 11.3 Å². The number of fused-ring (bicyclic) bond motifs is 1. The molecule has 1 amide bonds. The third kappa shape index (κ3) is 4.17. The van der Waals surface area contributed by atoms with E-state index in [1.165, 1.54) is 17.0 Å². The number of hydrazone groups is 1. The van der Waals surface area contributed by atoms with Gasteiger partial charge in [0.25, 0.3) is 11.5 Å². The topological polar surface area (TPSA) is 105 Å². The molecule has 9 nitrogen and oxygen atoms in total. The Morgan fingerprint density at radius 3 is 2.69 bits per heavy atom. The van der Waals surface area contributed by atoms with E-state index in [1.807, 2.05) is 24.3 Å². The van der Waals surface area contributed by atoms with Crippen LogP contribution in [0.5, 0.6) is 5.75 Å². The lowest BCUT2D eigenvalue weighted by Gasteiger charge is -2.28. The number of Topliss-reactive ketones (excluding diaryl/α,β-unsaturated/α-hetero) is 1. The Balaban J connectivity index is 1.54. The molecule has 0 saturated carbocycles. The number of amides is 1. The smallest absolute Gasteiger partial charge is 0.301 e. The number of carbonyl (C=O) groups excluding carboxylic acids is 2. The fourth-order valence-corrected chi connectivity index (χ4v) is 4.72. The van der Waals surface area contributed by atoms with Crippen LogP contribution in [0.15, 0.2) is 76.3 Å². The summed E-state index contributed by atoms with van der Waals surface area (Å²) in [6, 6.07) is 18.6. The van der Waals surface area contributed by atoms with E-state index in [4.69, 9.17) is 9.84 Å². The third-order valence-corrected chi connectivity index (χ3v) is 6.58. The Bertz CT molecular complexity index is 1410. The Hall–Kier alpha value is -4.05. The predicted octanol–water partition coefficient (Wildman–Crippen LogP) is 4.70. The van der Waals surface area contributed by atoms with Gasteiger partial charge in [0.1, 0.15) is 12.4 Å². The molecule has 3 aromatic rings. The summed E-state index contributed by atoms with van der Waals surface area (Å²) in [4.78, 5) is 37.8. The van der Waals surface area contributed by atoms with Gasteiger partial charge in [-0.3, -0.25) is 29.6 Å². The van der Waals surface area contributed by atoms with Crippen LogP contribution in [0.3, 0.4) is 0 Å². The molecular formula is C25H19BrN4O5. The maximum atomic E-state index is 12.9. The fraction of sp³-hybridized carbons (Fsp3) is 0.160. The molecule has 2 aliphatic rings. The van der Waals surface area contributed by atoms with Crippen LogP contribution in [0.1, 0.15) is 33.9 Å². The summed E-state index contributed by atoms with van der Waals surface area (Å²) in [5, 5.41) is 17.9. The molecule has 0 unspecified atom stereocenters. The number of nitro groups is 1. The molecule has 10 heteroatoms. The summed E-state index contributed by atoms with van der Waals surface area (Å²) in [6.45, 7) is 0.0139. The van der Waals surface area contributed by atoms with E-state index in [-0.39, 0.29) is 18.4 Å². The highest BCUT2D eigenvalue weighted by Crippen LogP contribution is 2.37. The summed E-state index contributed by atoms with van der Waals surface area (Å²) in [7, 11) is 1.58. The molecular weight excluding hydrogens is 516 g/mol. The van der Waals surface area contributed by atoms with Gasteiger partial charge in [-0.25, -0.2) is 0 Å². The molecule has 35 heavy (non-hydrogen) atoms. The number of ketones is 1.